The highest BCUT2D eigenvalue weighted by molar-refractivity contribution is 5.66. The fourth-order valence-electron chi connectivity index (χ4n) is 2.04. The number of nitrogen functional groups attached to an aromatic ring is 1. The molecule has 2 N–H and O–H groups in total. The lowest BCUT2D eigenvalue weighted by Crippen LogP contribution is -2.14. The van der Waals surface area contributed by atoms with Gasteiger partial charge in [-0.3, -0.25) is 0 Å². The van der Waals surface area contributed by atoms with Crippen molar-refractivity contribution in [1.29, 1.82) is 0 Å². The van der Waals surface area contributed by atoms with E-state index in [0.29, 0.717) is 36.3 Å². The zero-order valence-corrected chi connectivity index (χ0v) is 11.9. The van der Waals surface area contributed by atoms with E-state index < -0.39 is 0 Å². The minimum absolute atomic E-state index is 0.317. The summed E-state index contributed by atoms with van der Waals surface area (Å²) in [6.45, 7) is 3.42. The van der Waals surface area contributed by atoms with Gasteiger partial charge in [0.25, 0.3) is 0 Å². The highest BCUT2D eigenvalue weighted by atomic mass is 16.5. The number of tetrazole rings is 1. The Labute approximate surface area is 117 Å². The summed E-state index contributed by atoms with van der Waals surface area (Å²) in [6, 6.07) is 5.50. The molecule has 0 amide bonds. The summed E-state index contributed by atoms with van der Waals surface area (Å²) in [4.78, 5) is 0. The Kier molecular flexibility index (Phi) is 4.52. The average molecular weight is 277 g/mol. The first kappa shape index (κ1) is 14.3. The van der Waals surface area contributed by atoms with E-state index in [4.69, 9.17) is 15.2 Å². The predicted molar refractivity (Wildman–Crippen MR) is 75.3 cm³/mol. The largest absolute Gasteiger partial charge is 0.495 e. The molecule has 1 atom stereocenters. The van der Waals surface area contributed by atoms with E-state index in [1.807, 2.05) is 18.2 Å². The minimum atomic E-state index is 0.317. The zero-order valence-electron chi connectivity index (χ0n) is 11.9. The van der Waals surface area contributed by atoms with E-state index >= 15 is 0 Å². The molecule has 0 spiro atoms. The lowest BCUT2D eigenvalue weighted by atomic mass is 10.1. The number of methoxy groups -OCH3 is 2. The van der Waals surface area contributed by atoms with Crippen molar-refractivity contribution in [2.24, 2.45) is 5.92 Å². The van der Waals surface area contributed by atoms with Gasteiger partial charge >= 0.3 is 0 Å². The van der Waals surface area contributed by atoms with Crippen molar-refractivity contribution in [3.63, 3.8) is 0 Å². The van der Waals surface area contributed by atoms with E-state index in [0.717, 1.165) is 5.56 Å². The molecule has 1 unspecified atom stereocenters. The number of hydrogen-bond acceptors (Lipinski definition) is 6. The Morgan fingerprint density at radius 2 is 2.15 bits per heavy atom. The van der Waals surface area contributed by atoms with Crippen LogP contribution < -0.4 is 10.5 Å². The second-order valence-electron chi connectivity index (χ2n) is 4.70. The van der Waals surface area contributed by atoms with E-state index in [9.17, 15) is 0 Å². The van der Waals surface area contributed by atoms with E-state index in [1.54, 1.807) is 18.9 Å². The third-order valence-electron chi connectivity index (χ3n) is 2.96. The number of aromatic nitrogens is 4. The van der Waals surface area contributed by atoms with Crippen molar-refractivity contribution >= 4 is 5.69 Å². The van der Waals surface area contributed by atoms with E-state index in [1.165, 1.54) is 0 Å². The van der Waals surface area contributed by atoms with Crippen LogP contribution in [0.5, 0.6) is 5.75 Å². The Morgan fingerprint density at radius 1 is 1.35 bits per heavy atom. The molecule has 7 heteroatoms. The van der Waals surface area contributed by atoms with E-state index in [-0.39, 0.29) is 0 Å². The Hall–Kier alpha value is -2.15. The minimum Gasteiger partial charge on any atom is -0.495 e. The fourth-order valence-corrected chi connectivity index (χ4v) is 2.04. The van der Waals surface area contributed by atoms with Crippen molar-refractivity contribution in [1.82, 2.24) is 20.2 Å². The molecule has 0 aliphatic carbocycles. The Morgan fingerprint density at radius 3 is 2.80 bits per heavy atom. The normalized spacial score (nSPS) is 12.3. The van der Waals surface area contributed by atoms with Gasteiger partial charge in [0.1, 0.15) is 5.75 Å². The fraction of sp³-hybridized carbons (Fsp3) is 0.462. The second-order valence-corrected chi connectivity index (χ2v) is 4.70. The van der Waals surface area contributed by atoms with Crippen molar-refractivity contribution in [3.8, 4) is 17.1 Å². The maximum absolute atomic E-state index is 5.91. The van der Waals surface area contributed by atoms with Gasteiger partial charge in [-0.15, -0.1) is 5.10 Å². The van der Waals surface area contributed by atoms with Crippen LogP contribution in [-0.4, -0.2) is 41.0 Å². The summed E-state index contributed by atoms with van der Waals surface area (Å²) in [5.74, 6) is 1.64. The molecular formula is C13H19N5O2. The monoisotopic (exact) mass is 277 g/mol. The third-order valence-corrected chi connectivity index (χ3v) is 2.96. The van der Waals surface area contributed by atoms with Gasteiger partial charge in [0.15, 0.2) is 5.82 Å². The molecule has 1 aromatic carbocycles. The molecule has 0 fully saturated rings. The lowest BCUT2D eigenvalue weighted by Gasteiger charge is -2.11. The van der Waals surface area contributed by atoms with Crippen molar-refractivity contribution in [2.75, 3.05) is 26.6 Å². The smallest absolute Gasteiger partial charge is 0.182 e. The first-order valence-corrected chi connectivity index (χ1v) is 6.34. The Balaban J connectivity index is 2.25. The third kappa shape index (κ3) is 3.05. The molecule has 1 heterocycles. The van der Waals surface area contributed by atoms with Crippen LogP contribution in [0.3, 0.4) is 0 Å². The van der Waals surface area contributed by atoms with Gasteiger partial charge in [0, 0.05) is 19.2 Å². The average Bonchev–Trinajstić information content (AvgIpc) is 2.87. The summed E-state index contributed by atoms with van der Waals surface area (Å²) >= 11 is 0. The number of anilines is 1. The van der Waals surface area contributed by atoms with Crippen molar-refractivity contribution < 1.29 is 9.47 Å². The highest BCUT2D eigenvalue weighted by Crippen LogP contribution is 2.27. The molecule has 1 aromatic heterocycles. The standard InChI is InChI=1S/C13H19N5O2/c1-9(8-19-2)7-18-13(15-16-17-18)10-4-5-12(20-3)11(14)6-10/h4-6,9H,7-8,14H2,1-3H3. The maximum atomic E-state index is 5.91. The summed E-state index contributed by atoms with van der Waals surface area (Å²) in [6.07, 6.45) is 0. The number of hydrogen-bond donors (Lipinski definition) is 1. The van der Waals surface area contributed by atoms with Gasteiger partial charge in [0.05, 0.1) is 19.4 Å². The number of nitrogens with zero attached hydrogens (tertiary/aromatic N) is 4. The van der Waals surface area contributed by atoms with Crippen molar-refractivity contribution in [2.45, 2.75) is 13.5 Å². The first-order chi connectivity index (χ1) is 9.65. The molecule has 0 bridgehead atoms. The highest BCUT2D eigenvalue weighted by Gasteiger charge is 2.13. The molecule has 0 aliphatic rings. The first-order valence-electron chi connectivity index (χ1n) is 6.34. The molecule has 2 rings (SSSR count). The molecule has 20 heavy (non-hydrogen) atoms. The quantitative estimate of drug-likeness (QED) is 0.798. The van der Waals surface area contributed by atoms with Crippen LogP contribution in [0.25, 0.3) is 11.4 Å². The second kappa shape index (κ2) is 6.33. The van der Waals surface area contributed by atoms with Crippen LogP contribution >= 0.6 is 0 Å². The van der Waals surface area contributed by atoms with Crippen molar-refractivity contribution in [3.05, 3.63) is 18.2 Å². The zero-order chi connectivity index (χ0) is 14.5. The molecular weight excluding hydrogens is 258 g/mol. The number of nitrogens with two attached hydrogens (primary N) is 1. The number of ether oxygens (including phenoxy) is 2. The number of benzene rings is 1. The van der Waals surface area contributed by atoms with Gasteiger partial charge in [-0.25, -0.2) is 4.68 Å². The summed E-state index contributed by atoms with van der Waals surface area (Å²) in [5, 5.41) is 11.8. The van der Waals surface area contributed by atoms with Crippen LogP contribution in [0.2, 0.25) is 0 Å². The SMILES string of the molecule is COCC(C)Cn1nnnc1-c1ccc(OC)c(N)c1. The van der Waals surface area contributed by atoms with Gasteiger partial charge in [-0.2, -0.15) is 0 Å². The van der Waals surface area contributed by atoms with Gasteiger partial charge < -0.3 is 15.2 Å². The molecule has 0 saturated carbocycles. The molecule has 2 aromatic rings. The van der Waals surface area contributed by atoms with E-state index in [2.05, 4.69) is 22.4 Å². The molecule has 0 saturated heterocycles. The van der Waals surface area contributed by atoms with Crippen LogP contribution in [0.15, 0.2) is 18.2 Å². The molecule has 0 radical (unpaired) electrons. The topological polar surface area (TPSA) is 88.1 Å². The van der Waals surface area contributed by atoms with Crippen LogP contribution in [0.4, 0.5) is 5.69 Å². The number of rotatable bonds is 6. The summed E-state index contributed by atoms with van der Waals surface area (Å²) < 4.78 is 12.0. The summed E-state index contributed by atoms with van der Waals surface area (Å²) in [5.41, 5.74) is 7.33. The molecule has 0 aliphatic heterocycles. The molecule has 108 valence electrons. The maximum Gasteiger partial charge on any atom is 0.182 e. The van der Waals surface area contributed by atoms with Gasteiger partial charge in [-0.1, -0.05) is 6.92 Å². The van der Waals surface area contributed by atoms with Crippen LogP contribution in [-0.2, 0) is 11.3 Å². The van der Waals surface area contributed by atoms with Gasteiger partial charge in [0.2, 0.25) is 0 Å². The summed E-state index contributed by atoms with van der Waals surface area (Å²) in [7, 11) is 3.27. The van der Waals surface area contributed by atoms with Gasteiger partial charge in [-0.05, 0) is 34.5 Å². The lowest BCUT2D eigenvalue weighted by molar-refractivity contribution is 0.149. The Bertz CT molecular complexity index is 570. The van der Waals surface area contributed by atoms with Crippen LogP contribution in [0, 0.1) is 5.92 Å². The predicted octanol–water partition coefficient (Wildman–Crippen LogP) is 1.21. The van der Waals surface area contributed by atoms with Crippen LogP contribution in [0.1, 0.15) is 6.92 Å². The molecule has 7 nitrogen and oxygen atoms in total.